The second kappa shape index (κ2) is 13.0. The molecule has 2 N–H and O–H groups in total. The van der Waals surface area contributed by atoms with E-state index in [-0.39, 0.29) is 23.2 Å². The average molecular weight is 568 g/mol. The Labute approximate surface area is 239 Å². The Morgan fingerprint density at radius 1 is 0.951 bits per heavy atom. The summed E-state index contributed by atoms with van der Waals surface area (Å²) in [5.41, 5.74) is 5.03. The van der Waals surface area contributed by atoms with E-state index in [0.717, 1.165) is 51.7 Å². The molecule has 0 unspecified atom stereocenters. The van der Waals surface area contributed by atoms with Crippen LogP contribution in [0.5, 0.6) is 0 Å². The molecular weight excluding hydrogens is 529 g/mol. The fourth-order valence-electron chi connectivity index (χ4n) is 6.09. The molecule has 11 heteroatoms. The molecule has 220 valence electrons. The van der Waals surface area contributed by atoms with Gasteiger partial charge in [-0.3, -0.25) is 9.59 Å². The average Bonchev–Trinajstić information content (AvgIpc) is 3.01. The minimum absolute atomic E-state index is 0.0301. The molecular formula is C30H38FN5O5. The highest BCUT2D eigenvalue weighted by molar-refractivity contribution is 5.97. The molecule has 2 aromatic rings. The SMILES string of the molecule is NC(=O)C1(OC(=O)c2ccc(N3CCOCC3)nn2)CCC(CCN2CCC(C(=O)c3ccc(F)cc3)CC2)CC1. The Bertz CT molecular complexity index is 1200. The van der Waals surface area contributed by atoms with Crippen molar-refractivity contribution in [1.82, 2.24) is 15.1 Å². The second-order valence-electron chi connectivity index (χ2n) is 11.3. The first-order valence-corrected chi connectivity index (χ1v) is 14.5. The molecule has 2 saturated heterocycles. The molecule has 1 aromatic heterocycles. The van der Waals surface area contributed by atoms with Crippen molar-refractivity contribution in [1.29, 1.82) is 0 Å². The summed E-state index contributed by atoms with van der Waals surface area (Å²) in [6.45, 7) is 5.26. The number of morpholine rings is 1. The number of nitrogens with two attached hydrogens (primary N) is 1. The largest absolute Gasteiger partial charge is 0.444 e. The van der Waals surface area contributed by atoms with Crippen LogP contribution in [0.4, 0.5) is 10.2 Å². The number of halogens is 1. The highest BCUT2D eigenvalue weighted by Crippen LogP contribution is 2.37. The van der Waals surface area contributed by atoms with Gasteiger partial charge in [-0.2, -0.15) is 0 Å². The number of hydrogen-bond acceptors (Lipinski definition) is 9. The second-order valence-corrected chi connectivity index (χ2v) is 11.3. The molecule has 0 atom stereocenters. The van der Waals surface area contributed by atoms with Crippen molar-refractivity contribution in [3.8, 4) is 0 Å². The van der Waals surface area contributed by atoms with Crippen molar-refractivity contribution < 1.29 is 28.2 Å². The lowest BCUT2D eigenvalue weighted by Crippen LogP contribution is -2.50. The molecule has 1 aliphatic carbocycles. The Hall–Kier alpha value is -3.44. The van der Waals surface area contributed by atoms with Crippen LogP contribution in [0.15, 0.2) is 36.4 Å². The van der Waals surface area contributed by atoms with Crippen molar-refractivity contribution in [3.63, 3.8) is 0 Å². The van der Waals surface area contributed by atoms with E-state index in [9.17, 15) is 18.8 Å². The number of nitrogens with zero attached hydrogens (tertiary/aromatic N) is 4. The summed E-state index contributed by atoms with van der Waals surface area (Å²) in [4.78, 5) is 42.5. The van der Waals surface area contributed by atoms with Crippen LogP contribution < -0.4 is 10.6 Å². The number of piperidine rings is 1. The number of Topliss-reactive ketones (excluding diaryl/α,β-unsaturated/α-hetero) is 1. The van der Waals surface area contributed by atoms with Crippen LogP contribution >= 0.6 is 0 Å². The first kappa shape index (κ1) is 29.1. The number of anilines is 1. The summed E-state index contributed by atoms with van der Waals surface area (Å²) in [5.74, 6) is -0.540. The fourth-order valence-corrected chi connectivity index (χ4v) is 6.09. The van der Waals surface area contributed by atoms with E-state index in [1.54, 1.807) is 24.3 Å². The number of amides is 1. The molecule has 1 saturated carbocycles. The zero-order valence-electron chi connectivity index (χ0n) is 23.3. The van der Waals surface area contributed by atoms with Crippen molar-refractivity contribution in [3.05, 3.63) is 53.5 Å². The van der Waals surface area contributed by atoms with Gasteiger partial charge in [0.25, 0.3) is 5.91 Å². The minimum Gasteiger partial charge on any atom is -0.444 e. The van der Waals surface area contributed by atoms with E-state index in [0.29, 0.717) is 56.4 Å². The number of ketones is 1. The van der Waals surface area contributed by atoms with Gasteiger partial charge in [0.15, 0.2) is 22.9 Å². The van der Waals surface area contributed by atoms with Crippen LogP contribution in [0.3, 0.4) is 0 Å². The molecule has 0 bridgehead atoms. The third kappa shape index (κ3) is 7.08. The van der Waals surface area contributed by atoms with Crippen LogP contribution in [-0.4, -0.2) is 84.3 Å². The predicted octanol–water partition coefficient (Wildman–Crippen LogP) is 3.01. The number of aromatic nitrogens is 2. The molecule has 1 amide bonds. The van der Waals surface area contributed by atoms with Gasteiger partial charge in [-0.05, 0) is 107 Å². The van der Waals surface area contributed by atoms with Gasteiger partial charge < -0.3 is 25.0 Å². The zero-order valence-corrected chi connectivity index (χ0v) is 23.3. The number of rotatable bonds is 9. The number of hydrogen-bond donors (Lipinski definition) is 1. The van der Waals surface area contributed by atoms with Gasteiger partial charge in [0.1, 0.15) is 5.82 Å². The first-order chi connectivity index (χ1) is 19.8. The van der Waals surface area contributed by atoms with Crippen LogP contribution in [-0.2, 0) is 14.3 Å². The van der Waals surface area contributed by atoms with Gasteiger partial charge in [0.2, 0.25) is 0 Å². The molecule has 0 radical (unpaired) electrons. The maximum atomic E-state index is 13.2. The Kier molecular flexibility index (Phi) is 9.24. The van der Waals surface area contributed by atoms with Crippen LogP contribution in [0.1, 0.15) is 65.8 Å². The van der Waals surface area contributed by atoms with Crippen molar-refractivity contribution >= 4 is 23.5 Å². The normalized spacial score (nSPS) is 24.1. The number of carbonyl (C=O) groups excluding carboxylic acids is 3. The number of esters is 1. The van der Waals surface area contributed by atoms with E-state index >= 15 is 0 Å². The quantitative estimate of drug-likeness (QED) is 0.359. The number of likely N-dealkylation sites (tertiary alicyclic amines) is 1. The summed E-state index contributed by atoms with van der Waals surface area (Å²) < 4.78 is 24.3. The maximum absolute atomic E-state index is 13.2. The lowest BCUT2D eigenvalue weighted by atomic mass is 9.77. The highest BCUT2D eigenvalue weighted by Gasteiger charge is 2.44. The van der Waals surface area contributed by atoms with Gasteiger partial charge >= 0.3 is 5.97 Å². The van der Waals surface area contributed by atoms with Gasteiger partial charge in [0.05, 0.1) is 13.2 Å². The molecule has 10 nitrogen and oxygen atoms in total. The molecule has 0 spiro atoms. The number of ether oxygens (including phenoxy) is 2. The molecule has 1 aromatic carbocycles. The lowest BCUT2D eigenvalue weighted by molar-refractivity contribution is -0.142. The van der Waals surface area contributed by atoms with E-state index in [1.165, 1.54) is 12.1 Å². The Morgan fingerprint density at radius 3 is 2.24 bits per heavy atom. The molecule has 3 fully saturated rings. The lowest BCUT2D eigenvalue weighted by Gasteiger charge is -2.38. The summed E-state index contributed by atoms with van der Waals surface area (Å²) in [6.07, 6.45) is 4.77. The third-order valence-electron chi connectivity index (χ3n) is 8.79. The van der Waals surface area contributed by atoms with Crippen molar-refractivity contribution in [2.24, 2.45) is 17.6 Å². The summed E-state index contributed by atoms with van der Waals surface area (Å²) in [6, 6.07) is 9.08. The number of primary amides is 1. The zero-order chi connectivity index (χ0) is 28.8. The fraction of sp³-hybridized carbons (Fsp3) is 0.567. The smallest absolute Gasteiger partial charge is 0.359 e. The van der Waals surface area contributed by atoms with E-state index in [2.05, 4.69) is 15.1 Å². The Morgan fingerprint density at radius 2 is 1.63 bits per heavy atom. The molecule has 5 rings (SSSR count). The molecule has 3 aliphatic rings. The minimum atomic E-state index is -1.34. The molecule has 41 heavy (non-hydrogen) atoms. The van der Waals surface area contributed by atoms with Crippen molar-refractivity contribution in [2.45, 2.75) is 50.5 Å². The van der Waals surface area contributed by atoms with Gasteiger partial charge in [-0.1, -0.05) is 0 Å². The molecule has 3 heterocycles. The topological polar surface area (TPSA) is 128 Å². The monoisotopic (exact) mass is 567 g/mol. The highest BCUT2D eigenvalue weighted by atomic mass is 19.1. The standard InChI is InChI=1S/C30H38FN5O5/c31-24-3-1-22(2-4-24)27(37)23-10-15-35(16-11-23)14-9-21-7-12-30(13-8-21,29(32)39)41-28(38)25-5-6-26(34-33-25)36-17-19-40-20-18-36/h1-6,21,23H,7-20H2,(H2,32,39). The van der Waals surface area contributed by atoms with Gasteiger partial charge in [-0.15, -0.1) is 10.2 Å². The summed E-state index contributed by atoms with van der Waals surface area (Å²) >= 11 is 0. The third-order valence-corrected chi connectivity index (χ3v) is 8.79. The van der Waals surface area contributed by atoms with E-state index < -0.39 is 17.5 Å². The van der Waals surface area contributed by atoms with Gasteiger partial charge in [0, 0.05) is 24.6 Å². The number of carbonyl (C=O) groups is 3. The van der Waals surface area contributed by atoms with Crippen LogP contribution in [0, 0.1) is 17.7 Å². The Balaban J connectivity index is 1.07. The van der Waals surface area contributed by atoms with Crippen LogP contribution in [0.2, 0.25) is 0 Å². The van der Waals surface area contributed by atoms with E-state index in [1.807, 2.05) is 4.90 Å². The number of benzene rings is 1. The first-order valence-electron chi connectivity index (χ1n) is 14.5. The molecule has 2 aliphatic heterocycles. The van der Waals surface area contributed by atoms with Crippen LogP contribution in [0.25, 0.3) is 0 Å². The summed E-state index contributed by atoms with van der Waals surface area (Å²) in [7, 11) is 0. The van der Waals surface area contributed by atoms with Crippen molar-refractivity contribution in [2.75, 3.05) is 50.8 Å². The maximum Gasteiger partial charge on any atom is 0.359 e. The summed E-state index contributed by atoms with van der Waals surface area (Å²) in [5, 5.41) is 8.21. The predicted molar refractivity (Wildman–Crippen MR) is 149 cm³/mol. The van der Waals surface area contributed by atoms with Gasteiger partial charge in [-0.25, -0.2) is 9.18 Å². The van der Waals surface area contributed by atoms with E-state index in [4.69, 9.17) is 15.2 Å².